The average molecular weight is 237 g/mol. The maximum atomic E-state index is 9.00. The van der Waals surface area contributed by atoms with Gasteiger partial charge in [0, 0.05) is 6.92 Å². The molecule has 0 fully saturated rings. The normalized spacial score (nSPS) is 5.44. The van der Waals surface area contributed by atoms with Crippen molar-refractivity contribution in [2.24, 2.45) is 11.5 Å². The number of rotatable bonds is 0. The zero-order chi connectivity index (χ0) is 7.15. The van der Waals surface area contributed by atoms with Gasteiger partial charge in [-0.2, -0.15) is 0 Å². The van der Waals surface area contributed by atoms with Crippen molar-refractivity contribution in [2.75, 3.05) is 0 Å². The number of nitrogens with two attached hydrogens (primary N) is 2. The van der Waals surface area contributed by atoms with Crippen LogP contribution in [0.3, 0.4) is 0 Å². The topological polar surface area (TPSA) is 113 Å². The predicted molar refractivity (Wildman–Crippen MR) is 39.4 cm³/mol. The van der Waals surface area contributed by atoms with Gasteiger partial charge in [0.15, 0.2) is 5.96 Å². The van der Waals surface area contributed by atoms with Crippen LogP contribution in [0.5, 0.6) is 0 Å². The van der Waals surface area contributed by atoms with Crippen LogP contribution < -0.4 is 11.5 Å². The summed E-state index contributed by atoms with van der Waals surface area (Å²) in [6, 6.07) is 0. The van der Waals surface area contributed by atoms with Gasteiger partial charge in [-0.1, -0.05) is 0 Å². The van der Waals surface area contributed by atoms with Gasteiger partial charge in [-0.05, 0) is 0 Å². The molecule has 6 heteroatoms. The van der Waals surface area contributed by atoms with Gasteiger partial charge >= 0.3 is 25.8 Å². The van der Waals surface area contributed by atoms with Crippen LogP contribution in [-0.4, -0.2) is 42.9 Å². The molecule has 0 saturated heterocycles. The van der Waals surface area contributed by atoms with Crippen molar-refractivity contribution in [3.05, 3.63) is 0 Å². The summed E-state index contributed by atoms with van der Waals surface area (Å²) in [6.07, 6.45) is 0. The number of nitrogens with one attached hydrogen (secondary N) is 1. The molecular weight excluding hydrogens is 225 g/mol. The molecule has 0 heterocycles. The van der Waals surface area contributed by atoms with Gasteiger partial charge in [0.05, 0.1) is 0 Å². The molecule has 0 aromatic heterocycles. The summed E-state index contributed by atoms with van der Waals surface area (Å²) in [5, 5.41) is 13.5. The molecular formula is C3H12InN3O2. The standard InChI is InChI=1S/C2H4O2.CH5N3.In.3H/c1-2(3)4;2-1(3)4;;;;/h1H3,(H,3,4);(H5,2,3,4);;;;. The van der Waals surface area contributed by atoms with Crippen LogP contribution >= 0.6 is 0 Å². The zero-order valence-electron chi connectivity index (χ0n) is 4.51. The molecule has 9 heavy (non-hydrogen) atoms. The third kappa shape index (κ3) is 1580. The van der Waals surface area contributed by atoms with E-state index in [1.54, 1.807) is 0 Å². The van der Waals surface area contributed by atoms with E-state index in [0.29, 0.717) is 0 Å². The fourth-order valence-corrected chi connectivity index (χ4v) is 0. The summed E-state index contributed by atoms with van der Waals surface area (Å²) >= 11 is 0. The Hall–Kier alpha value is -0.390. The first-order chi connectivity index (χ1) is 3.46. The quantitative estimate of drug-likeness (QED) is 0.281. The molecule has 0 spiro atoms. The van der Waals surface area contributed by atoms with Crippen molar-refractivity contribution in [1.29, 1.82) is 5.41 Å². The molecule has 5 nitrogen and oxygen atoms in total. The van der Waals surface area contributed by atoms with E-state index in [9.17, 15) is 0 Å². The Balaban J connectivity index is -0.0000000720. The molecule has 0 rings (SSSR count). The van der Waals surface area contributed by atoms with Crippen molar-refractivity contribution in [2.45, 2.75) is 6.92 Å². The zero-order valence-corrected chi connectivity index (χ0v) is 4.51. The monoisotopic (exact) mass is 237 g/mol. The Bertz CT molecular complexity index is 75.1. The van der Waals surface area contributed by atoms with E-state index in [1.165, 1.54) is 0 Å². The maximum absolute atomic E-state index is 9.00. The molecule has 0 atom stereocenters. The van der Waals surface area contributed by atoms with E-state index in [0.717, 1.165) is 6.92 Å². The number of carbonyl (C=O) groups is 1. The summed E-state index contributed by atoms with van der Waals surface area (Å²) in [7, 11) is 0. The molecule has 54 valence electrons. The fourth-order valence-electron chi connectivity index (χ4n) is 0. The summed E-state index contributed by atoms with van der Waals surface area (Å²) < 4.78 is 0. The molecule has 0 aromatic rings. The van der Waals surface area contributed by atoms with Gasteiger partial charge in [-0.15, -0.1) is 0 Å². The molecule has 0 amide bonds. The predicted octanol–water partition coefficient (Wildman–Crippen LogP) is -2.25. The first-order valence-corrected chi connectivity index (χ1v) is 1.76. The summed E-state index contributed by atoms with van der Waals surface area (Å²) in [4.78, 5) is 9.00. The van der Waals surface area contributed by atoms with Crippen LogP contribution in [-0.2, 0) is 4.79 Å². The molecule has 0 saturated carbocycles. The Labute approximate surface area is 71.7 Å². The number of guanidine groups is 1. The Morgan fingerprint density at radius 3 is 1.56 bits per heavy atom. The van der Waals surface area contributed by atoms with Gasteiger partial charge in [-0.3, -0.25) is 10.2 Å². The van der Waals surface area contributed by atoms with Gasteiger partial charge in [0.2, 0.25) is 0 Å². The number of carboxylic acids is 1. The van der Waals surface area contributed by atoms with Crippen LogP contribution in [0.4, 0.5) is 0 Å². The Morgan fingerprint density at radius 2 is 1.56 bits per heavy atom. The number of carboxylic acid groups (broad SMARTS) is 1. The molecule has 0 aliphatic heterocycles. The van der Waals surface area contributed by atoms with Crippen molar-refractivity contribution >= 4 is 37.8 Å². The van der Waals surface area contributed by atoms with E-state index in [4.69, 9.17) is 15.3 Å². The third-order valence-electron chi connectivity index (χ3n) is 0. The fraction of sp³-hybridized carbons (Fsp3) is 0.333. The summed E-state index contributed by atoms with van der Waals surface area (Å²) in [6.45, 7) is 1.08. The molecule has 0 radical (unpaired) electrons. The molecule has 0 bridgehead atoms. The minimum absolute atomic E-state index is 0. The molecule has 0 aliphatic rings. The van der Waals surface area contributed by atoms with E-state index >= 15 is 0 Å². The number of hydrogen-bond donors (Lipinski definition) is 4. The third-order valence-corrected chi connectivity index (χ3v) is 0. The van der Waals surface area contributed by atoms with Crippen LogP contribution in [0.15, 0.2) is 0 Å². The summed E-state index contributed by atoms with van der Waals surface area (Å²) in [5.41, 5.74) is 8.94. The number of aliphatic carboxylic acids is 1. The SMILES string of the molecule is CC(=O)O.N=C(N)N.[InH3]. The second-order valence-electron chi connectivity index (χ2n) is 0.974. The summed E-state index contributed by atoms with van der Waals surface area (Å²) in [5.74, 6) is -1.17. The van der Waals surface area contributed by atoms with Gasteiger partial charge < -0.3 is 16.6 Å². The first-order valence-electron chi connectivity index (χ1n) is 1.76. The molecule has 0 aliphatic carbocycles. The molecule has 0 aromatic carbocycles. The van der Waals surface area contributed by atoms with Gasteiger partial charge in [0.1, 0.15) is 0 Å². The van der Waals surface area contributed by atoms with Crippen LogP contribution in [0, 0.1) is 5.41 Å². The second kappa shape index (κ2) is 10.6. The van der Waals surface area contributed by atoms with Gasteiger partial charge in [-0.25, -0.2) is 0 Å². The average Bonchev–Trinajstić information content (AvgIpc) is 1.25. The van der Waals surface area contributed by atoms with Crippen LogP contribution in [0.2, 0.25) is 0 Å². The van der Waals surface area contributed by atoms with E-state index in [1.807, 2.05) is 0 Å². The van der Waals surface area contributed by atoms with Crippen LogP contribution in [0.1, 0.15) is 6.92 Å². The van der Waals surface area contributed by atoms with Crippen LogP contribution in [0.25, 0.3) is 0 Å². The number of hydrogen-bond acceptors (Lipinski definition) is 2. The van der Waals surface area contributed by atoms with Crippen molar-refractivity contribution < 1.29 is 9.90 Å². The molecule has 6 N–H and O–H groups in total. The van der Waals surface area contributed by atoms with Crippen molar-refractivity contribution in [1.82, 2.24) is 0 Å². The second-order valence-corrected chi connectivity index (χ2v) is 0.974. The van der Waals surface area contributed by atoms with Gasteiger partial charge in [0.25, 0.3) is 5.97 Å². The Kier molecular flexibility index (Phi) is 18.6. The van der Waals surface area contributed by atoms with E-state index in [2.05, 4.69) is 11.5 Å². The van der Waals surface area contributed by atoms with Crippen molar-refractivity contribution in [3.63, 3.8) is 0 Å². The Morgan fingerprint density at radius 1 is 1.56 bits per heavy atom. The first kappa shape index (κ1) is 15.8. The van der Waals surface area contributed by atoms with Crippen molar-refractivity contribution in [3.8, 4) is 0 Å². The molecule has 0 unspecified atom stereocenters. The van der Waals surface area contributed by atoms with E-state index < -0.39 is 5.97 Å². The minimum atomic E-state index is -0.833. The van der Waals surface area contributed by atoms with E-state index in [-0.39, 0.29) is 31.8 Å².